The number of anilines is 3. The first-order valence-corrected chi connectivity index (χ1v) is 10.9. The van der Waals surface area contributed by atoms with Crippen LogP contribution in [-0.4, -0.2) is 17.7 Å². The summed E-state index contributed by atoms with van der Waals surface area (Å²) >= 11 is 6.21. The van der Waals surface area contributed by atoms with Crippen molar-refractivity contribution in [2.75, 3.05) is 15.5 Å². The fourth-order valence-corrected chi connectivity index (χ4v) is 3.85. The summed E-state index contributed by atoms with van der Waals surface area (Å²) in [7, 11) is 0. The molecule has 1 aliphatic rings. The van der Waals surface area contributed by atoms with Gasteiger partial charge in [0.05, 0.1) is 5.69 Å². The highest BCUT2D eigenvalue weighted by Crippen LogP contribution is 2.31. The van der Waals surface area contributed by atoms with Crippen molar-refractivity contribution in [3.05, 3.63) is 100 Å². The molecule has 3 aromatic rings. The number of hydrogen-bond acceptors (Lipinski definition) is 4. The monoisotopic (exact) mass is 459 g/mol. The number of nitrogens with zero attached hydrogens (tertiary/aromatic N) is 1. The van der Waals surface area contributed by atoms with Crippen LogP contribution in [0.4, 0.5) is 17.1 Å². The normalized spacial score (nSPS) is 13.5. The molecular formula is C26H22ClN3O3. The average Bonchev–Trinajstić information content (AvgIpc) is 3.03. The van der Waals surface area contributed by atoms with Gasteiger partial charge in [-0.15, -0.1) is 0 Å². The largest absolute Gasteiger partial charge is 0.350 e. The van der Waals surface area contributed by atoms with Gasteiger partial charge < -0.3 is 10.6 Å². The maximum absolute atomic E-state index is 13.0. The van der Waals surface area contributed by atoms with E-state index in [1.54, 1.807) is 36.4 Å². The van der Waals surface area contributed by atoms with Gasteiger partial charge in [-0.2, -0.15) is 0 Å². The molecule has 0 atom stereocenters. The molecule has 1 aliphatic heterocycles. The Morgan fingerprint density at radius 2 is 1.58 bits per heavy atom. The number of amides is 3. The van der Waals surface area contributed by atoms with Crippen LogP contribution < -0.4 is 15.5 Å². The topological polar surface area (TPSA) is 78.5 Å². The smallest absolute Gasteiger partial charge is 0.283 e. The molecule has 2 N–H and O–H groups in total. The van der Waals surface area contributed by atoms with Gasteiger partial charge in [-0.1, -0.05) is 54.9 Å². The molecule has 0 bridgehead atoms. The van der Waals surface area contributed by atoms with Crippen LogP contribution in [0.1, 0.15) is 28.4 Å². The fraction of sp³-hybridized carbons (Fsp3) is 0.115. The Kier molecular flexibility index (Phi) is 6.29. The second-order valence-electron chi connectivity index (χ2n) is 7.59. The standard InChI is InChI=1S/C26H22ClN3O3/c1-3-17-9-5-6-10-20(17)29-24(31)18-12-14-19(15-13-18)28-23-22(27)25(32)30(26(23)33)21-11-7-4-8-16(21)2/h4-15,28H,3H2,1-2H3,(H,29,31). The maximum atomic E-state index is 13.0. The molecule has 0 fully saturated rings. The summed E-state index contributed by atoms with van der Waals surface area (Å²) in [4.78, 5) is 39.3. The van der Waals surface area contributed by atoms with Crippen LogP contribution in [0.25, 0.3) is 0 Å². The molecule has 0 spiro atoms. The molecule has 1 heterocycles. The van der Waals surface area contributed by atoms with Gasteiger partial charge in [0.2, 0.25) is 0 Å². The summed E-state index contributed by atoms with van der Waals surface area (Å²) in [5.74, 6) is -1.35. The van der Waals surface area contributed by atoms with Crippen molar-refractivity contribution < 1.29 is 14.4 Å². The van der Waals surface area contributed by atoms with Crippen LogP contribution in [0.5, 0.6) is 0 Å². The first-order valence-electron chi connectivity index (χ1n) is 10.5. The van der Waals surface area contributed by atoms with Gasteiger partial charge in [-0.05, 0) is 60.9 Å². The summed E-state index contributed by atoms with van der Waals surface area (Å²) in [6.07, 6.45) is 0.807. The SMILES string of the molecule is CCc1ccccc1NC(=O)c1ccc(NC2=C(Cl)C(=O)N(c3ccccc3C)C2=O)cc1. The summed E-state index contributed by atoms with van der Waals surface area (Å²) in [5.41, 5.74) is 4.08. The number of carbonyl (C=O) groups is 3. The number of benzene rings is 3. The van der Waals surface area contributed by atoms with E-state index in [4.69, 9.17) is 11.6 Å². The van der Waals surface area contributed by atoms with Gasteiger partial charge in [-0.25, -0.2) is 4.90 Å². The van der Waals surface area contributed by atoms with Gasteiger partial charge in [-0.3, -0.25) is 14.4 Å². The van der Waals surface area contributed by atoms with Crippen molar-refractivity contribution in [2.24, 2.45) is 0 Å². The Bertz CT molecular complexity index is 1280. The molecule has 3 aromatic carbocycles. The van der Waals surface area contributed by atoms with Crippen molar-refractivity contribution in [1.82, 2.24) is 0 Å². The second kappa shape index (κ2) is 9.30. The fourth-order valence-electron chi connectivity index (χ4n) is 3.64. The number of halogens is 1. The van der Waals surface area contributed by atoms with E-state index in [1.807, 2.05) is 50.2 Å². The highest BCUT2D eigenvalue weighted by Gasteiger charge is 2.39. The Labute approximate surface area is 196 Å². The summed E-state index contributed by atoms with van der Waals surface area (Å²) in [6.45, 7) is 3.85. The number of carbonyl (C=O) groups excluding carboxylic acids is 3. The third-order valence-corrected chi connectivity index (χ3v) is 5.80. The zero-order valence-corrected chi connectivity index (χ0v) is 18.9. The van der Waals surface area contributed by atoms with Crippen LogP contribution in [0.3, 0.4) is 0 Å². The predicted molar refractivity (Wildman–Crippen MR) is 130 cm³/mol. The van der Waals surface area contributed by atoms with Crippen molar-refractivity contribution in [1.29, 1.82) is 0 Å². The second-order valence-corrected chi connectivity index (χ2v) is 7.97. The minimum Gasteiger partial charge on any atom is -0.350 e. The van der Waals surface area contributed by atoms with E-state index in [2.05, 4.69) is 10.6 Å². The Morgan fingerprint density at radius 1 is 0.909 bits per heavy atom. The minimum absolute atomic E-state index is 0.000931. The van der Waals surface area contributed by atoms with Crippen LogP contribution >= 0.6 is 11.6 Å². The summed E-state index contributed by atoms with van der Waals surface area (Å²) < 4.78 is 0. The van der Waals surface area contributed by atoms with Gasteiger partial charge in [0.15, 0.2) is 0 Å². The van der Waals surface area contributed by atoms with E-state index in [-0.39, 0.29) is 16.6 Å². The predicted octanol–water partition coefficient (Wildman–Crippen LogP) is 5.25. The molecule has 33 heavy (non-hydrogen) atoms. The van der Waals surface area contributed by atoms with E-state index < -0.39 is 11.8 Å². The third kappa shape index (κ3) is 4.38. The van der Waals surface area contributed by atoms with Crippen molar-refractivity contribution in [3.8, 4) is 0 Å². The Balaban J connectivity index is 1.50. The lowest BCUT2D eigenvalue weighted by atomic mass is 10.1. The number of nitrogens with one attached hydrogen (secondary N) is 2. The zero-order chi connectivity index (χ0) is 23.5. The maximum Gasteiger partial charge on any atom is 0.283 e. The Morgan fingerprint density at radius 3 is 2.27 bits per heavy atom. The van der Waals surface area contributed by atoms with E-state index in [1.165, 1.54) is 0 Å². The molecule has 0 saturated carbocycles. The molecule has 0 radical (unpaired) electrons. The lowest BCUT2D eigenvalue weighted by molar-refractivity contribution is -0.120. The van der Waals surface area contributed by atoms with Crippen LogP contribution in [0.2, 0.25) is 0 Å². The first kappa shape index (κ1) is 22.3. The zero-order valence-electron chi connectivity index (χ0n) is 18.2. The minimum atomic E-state index is -0.580. The van der Waals surface area contributed by atoms with E-state index in [0.717, 1.165) is 28.1 Å². The van der Waals surface area contributed by atoms with Crippen molar-refractivity contribution >= 4 is 46.4 Å². The number of aryl methyl sites for hydroxylation is 2. The lowest BCUT2D eigenvalue weighted by Gasteiger charge is -2.17. The summed E-state index contributed by atoms with van der Waals surface area (Å²) in [5, 5.41) is 5.67. The highest BCUT2D eigenvalue weighted by atomic mass is 35.5. The van der Waals surface area contributed by atoms with Gasteiger partial charge in [0.25, 0.3) is 17.7 Å². The quantitative estimate of drug-likeness (QED) is 0.494. The first-order chi connectivity index (χ1) is 15.9. The number of imide groups is 1. The van der Waals surface area contributed by atoms with Crippen LogP contribution in [-0.2, 0) is 16.0 Å². The van der Waals surface area contributed by atoms with E-state index >= 15 is 0 Å². The highest BCUT2D eigenvalue weighted by molar-refractivity contribution is 6.53. The number of hydrogen-bond donors (Lipinski definition) is 2. The molecule has 0 aromatic heterocycles. The lowest BCUT2D eigenvalue weighted by Crippen LogP contribution is -2.32. The van der Waals surface area contributed by atoms with Gasteiger partial charge >= 0.3 is 0 Å². The molecule has 6 nitrogen and oxygen atoms in total. The Hall–Kier alpha value is -3.90. The third-order valence-electron chi connectivity index (χ3n) is 5.45. The van der Waals surface area contributed by atoms with Crippen molar-refractivity contribution in [2.45, 2.75) is 20.3 Å². The molecule has 0 unspecified atom stereocenters. The molecule has 4 rings (SSSR count). The van der Waals surface area contributed by atoms with Gasteiger partial charge in [0, 0.05) is 16.9 Å². The number of rotatable bonds is 6. The molecular weight excluding hydrogens is 438 g/mol. The molecule has 3 amide bonds. The molecule has 7 heteroatoms. The van der Waals surface area contributed by atoms with Gasteiger partial charge in [0.1, 0.15) is 10.7 Å². The van der Waals surface area contributed by atoms with E-state index in [9.17, 15) is 14.4 Å². The average molecular weight is 460 g/mol. The van der Waals surface area contributed by atoms with E-state index in [0.29, 0.717) is 16.9 Å². The molecule has 166 valence electrons. The summed E-state index contributed by atoms with van der Waals surface area (Å²) in [6, 6.07) is 21.3. The van der Waals surface area contributed by atoms with Crippen LogP contribution in [0.15, 0.2) is 83.5 Å². The number of para-hydroxylation sites is 2. The van der Waals surface area contributed by atoms with Crippen molar-refractivity contribution in [3.63, 3.8) is 0 Å². The van der Waals surface area contributed by atoms with Crippen LogP contribution in [0, 0.1) is 6.92 Å². The molecule has 0 aliphatic carbocycles. The molecule has 0 saturated heterocycles.